The summed E-state index contributed by atoms with van der Waals surface area (Å²) in [5.74, 6) is 0.127. The molecule has 2 aliphatic rings. The summed E-state index contributed by atoms with van der Waals surface area (Å²) in [6, 6.07) is 5.13. The number of benzene rings is 1. The topological polar surface area (TPSA) is 83.6 Å². The molecule has 0 radical (unpaired) electrons. The number of nitrogens with one attached hydrogen (secondary N) is 1. The van der Waals surface area contributed by atoms with Crippen molar-refractivity contribution in [3.63, 3.8) is 0 Å². The van der Waals surface area contributed by atoms with Crippen LogP contribution in [0.4, 0.5) is 11.4 Å². The number of sulfonamides is 2. The van der Waals surface area contributed by atoms with Crippen LogP contribution in [0, 0.1) is 0 Å². The van der Waals surface area contributed by atoms with Crippen LogP contribution in [0.5, 0.6) is 0 Å². The predicted molar refractivity (Wildman–Crippen MR) is 91.8 cm³/mol. The summed E-state index contributed by atoms with van der Waals surface area (Å²) in [7, 11) is -6.60. The van der Waals surface area contributed by atoms with Gasteiger partial charge < -0.3 is 0 Å². The van der Waals surface area contributed by atoms with Crippen LogP contribution < -0.4 is 9.03 Å². The van der Waals surface area contributed by atoms with Gasteiger partial charge in [0.25, 0.3) is 0 Å². The van der Waals surface area contributed by atoms with Gasteiger partial charge >= 0.3 is 0 Å². The van der Waals surface area contributed by atoms with E-state index in [4.69, 9.17) is 0 Å². The maximum Gasteiger partial charge on any atom is 0.235 e. The molecule has 1 aromatic rings. The molecule has 6 nitrogen and oxygen atoms in total. The highest BCUT2D eigenvalue weighted by Gasteiger charge is 2.36. The molecule has 3 rings (SSSR count). The first kappa shape index (κ1) is 16.6. The molecule has 1 aromatic carbocycles. The Bertz CT molecular complexity index is 799. The molecule has 0 amide bonds. The zero-order chi connectivity index (χ0) is 16.7. The second kappa shape index (κ2) is 5.98. The smallest absolute Gasteiger partial charge is 0.235 e. The SMILES string of the molecule is CCCS(=O)(=O)N1CCCc2cc(NS(=O)(=O)C3CC3)ccc21. The molecule has 0 unspecified atom stereocenters. The molecule has 1 aliphatic carbocycles. The van der Waals surface area contributed by atoms with E-state index in [-0.39, 0.29) is 11.0 Å². The normalized spacial score (nSPS) is 18.6. The number of hydrogen-bond donors (Lipinski definition) is 1. The number of fused-ring (bicyclic) bond motifs is 1. The maximum atomic E-state index is 12.4. The summed E-state index contributed by atoms with van der Waals surface area (Å²) >= 11 is 0. The Balaban J connectivity index is 1.88. The van der Waals surface area contributed by atoms with Crippen LogP contribution >= 0.6 is 0 Å². The predicted octanol–water partition coefficient (Wildman–Crippen LogP) is 2.08. The Hall–Kier alpha value is -1.28. The van der Waals surface area contributed by atoms with E-state index in [2.05, 4.69) is 4.72 Å². The van der Waals surface area contributed by atoms with E-state index >= 15 is 0 Å². The first-order chi connectivity index (χ1) is 10.8. The van der Waals surface area contributed by atoms with Crippen LogP contribution in [0.25, 0.3) is 0 Å². The first-order valence-corrected chi connectivity index (χ1v) is 11.1. The third-order valence-electron chi connectivity index (χ3n) is 4.18. The van der Waals surface area contributed by atoms with Crippen molar-refractivity contribution in [3.05, 3.63) is 23.8 Å². The summed E-state index contributed by atoms with van der Waals surface area (Å²) in [5.41, 5.74) is 2.08. The van der Waals surface area contributed by atoms with Crippen molar-refractivity contribution < 1.29 is 16.8 Å². The first-order valence-electron chi connectivity index (χ1n) is 7.98. The minimum absolute atomic E-state index is 0.127. The lowest BCUT2D eigenvalue weighted by atomic mass is 10.0. The molecule has 1 saturated carbocycles. The lowest BCUT2D eigenvalue weighted by Crippen LogP contribution is -2.37. The Morgan fingerprint density at radius 2 is 1.96 bits per heavy atom. The second-order valence-corrected chi connectivity index (χ2v) is 10.2. The van der Waals surface area contributed by atoms with Crippen molar-refractivity contribution in [2.75, 3.05) is 21.3 Å². The van der Waals surface area contributed by atoms with Crippen molar-refractivity contribution in [2.24, 2.45) is 0 Å². The quantitative estimate of drug-likeness (QED) is 0.844. The Morgan fingerprint density at radius 1 is 1.22 bits per heavy atom. The molecule has 128 valence electrons. The van der Waals surface area contributed by atoms with Crippen LogP contribution in [-0.4, -0.2) is 34.4 Å². The summed E-state index contributed by atoms with van der Waals surface area (Å²) in [6.45, 7) is 2.33. The van der Waals surface area contributed by atoms with Crippen LogP contribution in [0.1, 0.15) is 38.2 Å². The molecule has 0 spiro atoms. The maximum absolute atomic E-state index is 12.4. The van der Waals surface area contributed by atoms with Crippen LogP contribution in [-0.2, 0) is 26.5 Å². The molecule has 1 heterocycles. The number of anilines is 2. The summed E-state index contributed by atoms with van der Waals surface area (Å²) < 4.78 is 52.9. The summed E-state index contributed by atoms with van der Waals surface area (Å²) in [4.78, 5) is 0. The molecule has 0 atom stereocenters. The molecular weight excluding hydrogens is 336 g/mol. The molecule has 0 saturated heterocycles. The van der Waals surface area contributed by atoms with Gasteiger partial charge in [-0.25, -0.2) is 16.8 Å². The molecule has 0 bridgehead atoms. The highest BCUT2D eigenvalue weighted by Crippen LogP contribution is 2.34. The van der Waals surface area contributed by atoms with Crippen molar-refractivity contribution in [1.29, 1.82) is 0 Å². The average molecular weight is 358 g/mol. The Labute approximate surface area is 138 Å². The van der Waals surface area contributed by atoms with E-state index in [0.29, 0.717) is 37.2 Å². The number of nitrogens with zero attached hydrogens (tertiary/aromatic N) is 1. The third kappa shape index (κ3) is 3.47. The largest absolute Gasteiger partial charge is 0.283 e. The van der Waals surface area contributed by atoms with Crippen LogP contribution in [0.2, 0.25) is 0 Å². The van der Waals surface area contributed by atoms with Gasteiger partial charge in [0.15, 0.2) is 0 Å². The second-order valence-electron chi connectivity index (χ2n) is 6.18. The summed E-state index contributed by atoms with van der Waals surface area (Å²) in [5, 5.41) is -0.278. The molecule has 1 N–H and O–H groups in total. The van der Waals surface area contributed by atoms with E-state index in [1.165, 1.54) is 4.31 Å². The van der Waals surface area contributed by atoms with Gasteiger partial charge in [-0.1, -0.05) is 6.92 Å². The van der Waals surface area contributed by atoms with Gasteiger partial charge in [0, 0.05) is 12.2 Å². The molecule has 1 fully saturated rings. The minimum Gasteiger partial charge on any atom is -0.283 e. The molecular formula is C15H22N2O4S2. The van der Waals surface area contributed by atoms with Crippen LogP contribution in [0.15, 0.2) is 18.2 Å². The zero-order valence-corrected chi connectivity index (χ0v) is 14.8. The lowest BCUT2D eigenvalue weighted by Gasteiger charge is -2.30. The number of hydrogen-bond acceptors (Lipinski definition) is 4. The Kier molecular flexibility index (Phi) is 4.31. The van der Waals surface area contributed by atoms with Crippen molar-refractivity contribution >= 4 is 31.4 Å². The fourth-order valence-electron chi connectivity index (χ4n) is 2.91. The number of aryl methyl sites for hydroxylation is 1. The van der Waals surface area contributed by atoms with Gasteiger partial charge in [0.05, 0.1) is 16.7 Å². The monoisotopic (exact) mass is 358 g/mol. The highest BCUT2D eigenvalue weighted by molar-refractivity contribution is 7.93. The van der Waals surface area contributed by atoms with Gasteiger partial charge in [-0.05, 0) is 55.9 Å². The zero-order valence-electron chi connectivity index (χ0n) is 13.2. The Morgan fingerprint density at radius 3 is 2.61 bits per heavy atom. The summed E-state index contributed by atoms with van der Waals surface area (Å²) in [6.07, 6.45) is 3.50. The molecule has 23 heavy (non-hydrogen) atoms. The molecule has 1 aliphatic heterocycles. The van der Waals surface area contributed by atoms with Crippen LogP contribution in [0.3, 0.4) is 0 Å². The van der Waals surface area contributed by atoms with Gasteiger partial charge in [0.1, 0.15) is 0 Å². The van der Waals surface area contributed by atoms with Gasteiger partial charge in [0.2, 0.25) is 20.0 Å². The fourth-order valence-corrected chi connectivity index (χ4v) is 5.91. The van der Waals surface area contributed by atoms with Crippen molar-refractivity contribution in [3.8, 4) is 0 Å². The minimum atomic E-state index is -3.30. The van der Waals surface area contributed by atoms with Crippen molar-refractivity contribution in [1.82, 2.24) is 0 Å². The number of rotatable bonds is 6. The third-order valence-corrected chi connectivity index (χ3v) is 8.02. The average Bonchev–Trinajstić information content (AvgIpc) is 3.31. The van der Waals surface area contributed by atoms with Gasteiger partial charge in [-0.2, -0.15) is 0 Å². The lowest BCUT2D eigenvalue weighted by molar-refractivity contribution is 0.585. The van der Waals surface area contributed by atoms with Crippen molar-refractivity contribution in [2.45, 2.75) is 44.3 Å². The van der Waals surface area contributed by atoms with Gasteiger partial charge in [-0.3, -0.25) is 9.03 Å². The van der Waals surface area contributed by atoms with E-state index in [0.717, 1.165) is 18.4 Å². The van der Waals surface area contributed by atoms with E-state index in [1.807, 2.05) is 6.92 Å². The standard InChI is InChI=1S/C15H22N2O4S2/c1-2-10-22(18,19)17-9-3-4-12-11-13(5-8-15(12)17)16-23(20,21)14-6-7-14/h5,8,11,14,16H,2-4,6-7,9-10H2,1H3. The van der Waals surface area contributed by atoms with E-state index in [9.17, 15) is 16.8 Å². The molecule has 0 aromatic heterocycles. The highest BCUT2D eigenvalue weighted by atomic mass is 32.2. The molecule has 8 heteroatoms. The fraction of sp³-hybridized carbons (Fsp3) is 0.600. The van der Waals surface area contributed by atoms with E-state index in [1.54, 1.807) is 18.2 Å². The van der Waals surface area contributed by atoms with Gasteiger partial charge in [-0.15, -0.1) is 0 Å². The van der Waals surface area contributed by atoms with E-state index < -0.39 is 20.0 Å².